The number of hydrogen-bond donors (Lipinski definition) is 1. The molecule has 5 aromatic rings. The lowest BCUT2D eigenvalue weighted by atomic mass is 10.2. The molecule has 4 aromatic carbocycles. The Hall–Kier alpha value is -4.27. The zero-order chi connectivity index (χ0) is 27.7. The molecule has 0 bridgehead atoms. The van der Waals surface area contributed by atoms with Crippen LogP contribution < -0.4 is 14.9 Å². The van der Waals surface area contributed by atoms with E-state index < -0.39 is 0 Å². The summed E-state index contributed by atoms with van der Waals surface area (Å²) < 4.78 is 13.5. The summed E-state index contributed by atoms with van der Waals surface area (Å²) in [5, 5.41) is 5.57. The molecule has 9 heteroatoms. The van der Waals surface area contributed by atoms with Gasteiger partial charge in [-0.15, -0.1) is 0 Å². The monoisotopic (exact) mass is 570 g/mol. The quantitative estimate of drug-likeness (QED) is 0.110. The van der Waals surface area contributed by atoms with Crippen molar-refractivity contribution in [1.29, 1.82) is 0 Å². The molecule has 0 fully saturated rings. The Labute approximate surface area is 241 Å². The molecule has 1 aromatic heterocycles. The first-order chi connectivity index (χ1) is 19.6. The number of aromatic nitrogens is 2. The Balaban J connectivity index is 1.19. The van der Waals surface area contributed by atoms with E-state index in [0.29, 0.717) is 29.7 Å². The third-order valence-electron chi connectivity index (χ3n) is 6.03. The van der Waals surface area contributed by atoms with Gasteiger partial charge in [0.2, 0.25) is 0 Å². The van der Waals surface area contributed by atoms with Crippen molar-refractivity contribution in [2.45, 2.75) is 18.3 Å². The molecule has 0 spiro atoms. The smallest absolute Gasteiger partial charge is 0.250 e. The molecule has 0 radical (unpaired) electrons. The maximum absolute atomic E-state index is 12.6. The molecule has 0 aliphatic carbocycles. The molecule has 0 saturated carbocycles. The molecule has 202 valence electrons. The van der Waals surface area contributed by atoms with Gasteiger partial charge >= 0.3 is 0 Å². The van der Waals surface area contributed by atoms with Gasteiger partial charge in [0, 0.05) is 5.02 Å². The van der Waals surface area contributed by atoms with Crippen molar-refractivity contribution in [3.8, 4) is 11.5 Å². The normalized spacial score (nSPS) is 11.2. The van der Waals surface area contributed by atoms with Crippen LogP contribution in [0.1, 0.15) is 16.7 Å². The zero-order valence-electron chi connectivity index (χ0n) is 21.8. The van der Waals surface area contributed by atoms with Crippen LogP contribution in [-0.2, 0) is 17.9 Å². The Morgan fingerprint density at radius 2 is 1.75 bits per heavy atom. The fraction of sp³-hybridized carbons (Fsp3) is 0.129. The van der Waals surface area contributed by atoms with E-state index in [2.05, 4.69) is 15.1 Å². The maximum atomic E-state index is 12.6. The molecular weight excluding hydrogens is 544 g/mol. The second kappa shape index (κ2) is 13.2. The zero-order valence-corrected chi connectivity index (χ0v) is 23.4. The predicted molar refractivity (Wildman–Crippen MR) is 161 cm³/mol. The number of carbonyl (C=O) groups is 1. The summed E-state index contributed by atoms with van der Waals surface area (Å²) in [4.78, 5) is 17.3. The molecule has 1 N–H and O–H groups in total. The molecular formula is C31H27ClN4O3S. The van der Waals surface area contributed by atoms with Crippen molar-refractivity contribution in [1.82, 2.24) is 15.0 Å². The van der Waals surface area contributed by atoms with Crippen LogP contribution in [0.15, 0.2) is 107 Å². The molecule has 5 rings (SSSR count). The van der Waals surface area contributed by atoms with Crippen molar-refractivity contribution >= 4 is 46.5 Å². The van der Waals surface area contributed by atoms with Gasteiger partial charge in [-0.05, 0) is 59.2 Å². The minimum absolute atomic E-state index is 0.164. The predicted octanol–water partition coefficient (Wildman–Crippen LogP) is 6.57. The second-order valence-corrected chi connectivity index (χ2v) is 10.2. The van der Waals surface area contributed by atoms with Gasteiger partial charge in [-0.1, -0.05) is 78.0 Å². The van der Waals surface area contributed by atoms with Gasteiger partial charge in [-0.25, -0.2) is 10.4 Å². The summed E-state index contributed by atoms with van der Waals surface area (Å²) >= 11 is 7.41. The van der Waals surface area contributed by atoms with Crippen molar-refractivity contribution in [2.75, 3.05) is 12.9 Å². The van der Waals surface area contributed by atoms with Crippen LogP contribution in [0, 0.1) is 0 Å². The van der Waals surface area contributed by atoms with Gasteiger partial charge < -0.3 is 14.0 Å². The fourth-order valence-corrected chi connectivity index (χ4v) is 4.98. The average Bonchev–Trinajstić information content (AvgIpc) is 3.34. The highest BCUT2D eigenvalue weighted by molar-refractivity contribution is 7.99. The van der Waals surface area contributed by atoms with Crippen LogP contribution in [0.25, 0.3) is 11.0 Å². The average molecular weight is 571 g/mol. The molecule has 7 nitrogen and oxygen atoms in total. The van der Waals surface area contributed by atoms with Crippen molar-refractivity contribution in [3.63, 3.8) is 0 Å². The van der Waals surface area contributed by atoms with E-state index in [-0.39, 0.29) is 11.7 Å². The summed E-state index contributed by atoms with van der Waals surface area (Å²) in [5.41, 5.74) is 7.40. The molecule has 0 aliphatic rings. The number of thioether (sulfide) groups is 1. The number of imidazole rings is 1. The van der Waals surface area contributed by atoms with Gasteiger partial charge in [0.25, 0.3) is 5.91 Å². The Bertz CT molecular complexity index is 1620. The van der Waals surface area contributed by atoms with Gasteiger partial charge in [-0.2, -0.15) is 5.10 Å². The summed E-state index contributed by atoms with van der Waals surface area (Å²) in [6.07, 6.45) is 1.57. The summed E-state index contributed by atoms with van der Waals surface area (Å²) in [6.45, 7) is 1.05. The van der Waals surface area contributed by atoms with Gasteiger partial charge in [0.1, 0.15) is 6.61 Å². The van der Waals surface area contributed by atoms with Crippen LogP contribution >= 0.6 is 23.4 Å². The van der Waals surface area contributed by atoms with Crippen LogP contribution in [0.3, 0.4) is 0 Å². The number of para-hydroxylation sites is 2. The van der Waals surface area contributed by atoms with Gasteiger partial charge in [-0.3, -0.25) is 4.79 Å². The third kappa shape index (κ3) is 7.02. The van der Waals surface area contributed by atoms with Crippen molar-refractivity contribution in [3.05, 3.63) is 119 Å². The number of hydrazone groups is 1. The first kappa shape index (κ1) is 27.3. The molecule has 1 amide bonds. The number of rotatable bonds is 11. The van der Waals surface area contributed by atoms with E-state index in [1.165, 1.54) is 11.8 Å². The highest BCUT2D eigenvalue weighted by Gasteiger charge is 2.13. The first-order valence-corrected chi connectivity index (χ1v) is 13.9. The lowest BCUT2D eigenvalue weighted by Gasteiger charge is -2.11. The minimum atomic E-state index is -0.235. The van der Waals surface area contributed by atoms with Crippen LogP contribution in [-0.4, -0.2) is 34.5 Å². The number of methoxy groups -OCH3 is 1. The van der Waals surface area contributed by atoms with Crippen molar-refractivity contribution < 1.29 is 14.3 Å². The summed E-state index contributed by atoms with van der Waals surface area (Å²) in [5.74, 6) is 1.14. The third-order valence-corrected chi connectivity index (χ3v) is 7.26. The molecule has 0 saturated heterocycles. The summed E-state index contributed by atoms with van der Waals surface area (Å²) in [7, 11) is 1.59. The van der Waals surface area contributed by atoms with E-state index in [4.69, 9.17) is 26.1 Å². The van der Waals surface area contributed by atoms with E-state index >= 15 is 0 Å². The Kier molecular flexibility index (Phi) is 9.00. The second-order valence-electron chi connectivity index (χ2n) is 8.86. The number of nitrogens with one attached hydrogen (secondary N) is 1. The number of benzene rings is 4. The van der Waals surface area contributed by atoms with Crippen molar-refractivity contribution in [2.24, 2.45) is 5.10 Å². The van der Waals surface area contributed by atoms with E-state index in [1.54, 1.807) is 13.3 Å². The first-order valence-electron chi connectivity index (χ1n) is 12.6. The van der Waals surface area contributed by atoms with E-state index in [1.807, 2.05) is 97.1 Å². The number of carbonyl (C=O) groups excluding carboxylic acids is 1. The standard InChI is InChI=1S/C31H27ClN4O3S/c1-38-29-17-24(13-16-28(29)39-20-23-7-3-2-4-8-23)18-33-35-30(37)21-40-31-34-26-9-5-6-10-27(26)36(31)19-22-11-14-25(32)15-12-22/h2-18H,19-21H2,1H3,(H,35,37)/b33-18-. The minimum Gasteiger partial charge on any atom is -0.493 e. The number of halogens is 1. The molecule has 0 aliphatic heterocycles. The summed E-state index contributed by atoms with van der Waals surface area (Å²) in [6, 6.07) is 31.1. The highest BCUT2D eigenvalue weighted by Crippen LogP contribution is 2.29. The largest absolute Gasteiger partial charge is 0.493 e. The number of ether oxygens (including phenoxy) is 2. The molecule has 0 atom stereocenters. The van der Waals surface area contributed by atoms with Crippen LogP contribution in [0.5, 0.6) is 11.5 Å². The highest BCUT2D eigenvalue weighted by atomic mass is 35.5. The lowest BCUT2D eigenvalue weighted by molar-refractivity contribution is -0.118. The van der Waals surface area contributed by atoms with Gasteiger partial charge in [0.15, 0.2) is 16.7 Å². The SMILES string of the molecule is COc1cc(/C=N\NC(=O)CSc2nc3ccccc3n2Cc2ccc(Cl)cc2)ccc1OCc1ccccc1. The van der Waals surface area contributed by atoms with Crippen LogP contribution in [0.4, 0.5) is 0 Å². The maximum Gasteiger partial charge on any atom is 0.250 e. The number of nitrogens with zero attached hydrogens (tertiary/aromatic N) is 3. The fourth-order valence-electron chi connectivity index (χ4n) is 4.05. The lowest BCUT2D eigenvalue weighted by Crippen LogP contribution is -2.20. The van der Waals surface area contributed by atoms with E-state index in [0.717, 1.165) is 32.9 Å². The molecule has 0 unspecified atom stereocenters. The number of amides is 1. The van der Waals surface area contributed by atoms with Crippen LogP contribution in [0.2, 0.25) is 5.02 Å². The number of fused-ring (bicyclic) bond motifs is 1. The van der Waals surface area contributed by atoms with E-state index in [9.17, 15) is 4.79 Å². The number of hydrogen-bond acceptors (Lipinski definition) is 6. The Morgan fingerprint density at radius 3 is 2.55 bits per heavy atom. The topological polar surface area (TPSA) is 77.7 Å². The van der Waals surface area contributed by atoms with Gasteiger partial charge in [0.05, 0.1) is 36.7 Å². The molecule has 40 heavy (non-hydrogen) atoms. The Morgan fingerprint density at radius 1 is 0.975 bits per heavy atom. The molecule has 1 heterocycles.